The van der Waals surface area contributed by atoms with Gasteiger partial charge < -0.3 is 0 Å². The minimum atomic E-state index is -4.34. The molecule has 1 aromatic heterocycles. The van der Waals surface area contributed by atoms with Crippen LogP contribution in [0.15, 0.2) is 36.5 Å². The summed E-state index contributed by atoms with van der Waals surface area (Å²) in [6.07, 6.45) is -2.74. The molecule has 0 aliphatic carbocycles. The standard InChI is InChI=1S/C13H14F3N3O/c1-10-17-7-12(8-18-20-9-13(14,15)16)19(10)11-5-3-2-4-6-11/h2-7,18H,8-9H2,1H3. The van der Waals surface area contributed by atoms with Gasteiger partial charge in [-0.25, -0.2) is 4.98 Å². The molecule has 0 fully saturated rings. The molecule has 0 amide bonds. The molecule has 0 aliphatic heterocycles. The summed E-state index contributed by atoms with van der Waals surface area (Å²) in [5.41, 5.74) is 3.92. The first-order chi connectivity index (χ1) is 9.47. The molecule has 20 heavy (non-hydrogen) atoms. The van der Waals surface area contributed by atoms with Crippen LogP contribution in [0.25, 0.3) is 5.69 Å². The molecule has 2 rings (SSSR count). The number of para-hydroxylation sites is 1. The highest BCUT2D eigenvalue weighted by atomic mass is 19.4. The Morgan fingerprint density at radius 2 is 1.95 bits per heavy atom. The number of nitrogens with zero attached hydrogens (tertiary/aromatic N) is 2. The molecular formula is C13H14F3N3O. The average molecular weight is 285 g/mol. The zero-order chi connectivity index (χ0) is 14.6. The number of hydrogen-bond acceptors (Lipinski definition) is 3. The third-order valence-corrected chi connectivity index (χ3v) is 2.62. The van der Waals surface area contributed by atoms with Crippen molar-refractivity contribution in [2.45, 2.75) is 19.6 Å². The van der Waals surface area contributed by atoms with Crippen molar-refractivity contribution in [1.29, 1.82) is 0 Å². The van der Waals surface area contributed by atoms with Gasteiger partial charge in [-0.15, -0.1) is 0 Å². The number of aryl methyl sites for hydroxylation is 1. The first-order valence-corrected chi connectivity index (χ1v) is 5.97. The molecule has 1 aromatic carbocycles. The Hall–Kier alpha value is -1.86. The Morgan fingerprint density at radius 3 is 2.60 bits per heavy atom. The van der Waals surface area contributed by atoms with Gasteiger partial charge in [-0.2, -0.15) is 18.7 Å². The van der Waals surface area contributed by atoms with E-state index < -0.39 is 12.8 Å². The fraction of sp³-hybridized carbons (Fsp3) is 0.308. The smallest absolute Gasteiger partial charge is 0.300 e. The largest absolute Gasteiger partial charge is 0.413 e. The predicted octanol–water partition coefficient (Wildman–Crippen LogP) is 2.76. The van der Waals surface area contributed by atoms with Crippen LogP contribution in [0.2, 0.25) is 0 Å². The maximum atomic E-state index is 11.9. The van der Waals surface area contributed by atoms with E-state index in [1.165, 1.54) is 0 Å². The van der Waals surface area contributed by atoms with E-state index in [1.807, 2.05) is 41.8 Å². The van der Waals surface area contributed by atoms with Gasteiger partial charge in [-0.05, 0) is 19.1 Å². The van der Waals surface area contributed by atoms with Crippen molar-refractivity contribution in [3.8, 4) is 5.69 Å². The first-order valence-electron chi connectivity index (χ1n) is 5.97. The molecule has 0 saturated heterocycles. The van der Waals surface area contributed by atoms with Crippen molar-refractivity contribution in [3.63, 3.8) is 0 Å². The van der Waals surface area contributed by atoms with Crippen molar-refractivity contribution in [1.82, 2.24) is 15.0 Å². The van der Waals surface area contributed by atoms with Gasteiger partial charge >= 0.3 is 6.18 Å². The third-order valence-electron chi connectivity index (χ3n) is 2.62. The average Bonchev–Trinajstić information content (AvgIpc) is 2.76. The lowest BCUT2D eigenvalue weighted by Crippen LogP contribution is -2.25. The number of alkyl halides is 3. The minimum absolute atomic E-state index is 0.131. The maximum absolute atomic E-state index is 11.9. The van der Waals surface area contributed by atoms with Gasteiger partial charge in [0.15, 0.2) is 6.61 Å². The van der Waals surface area contributed by atoms with Gasteiger partial charge in [-0.1, -0.05) is 18.2 Å². The molecule has 2 aromatic rings. The maximum Gasteiger partial charge on any atom is 0.413 e. The molecule has 1 heterocycles. The van der Waals surface area contributed by atoms with Gasteiger partial charge in [0.05, 0.1) is 18.4 Å². The monoisotopic (exact) mass is 285 g/mol. The zero-order valence-electron chi connectivity index (χ0n) is 10.8. The molecule has 108 valence electrons. The Bertz CT molecular complexity index is 552. The number of aromatic nitrogens is 2. The summed E-state index contributed by atoms with van der Waals surface area (Å²) >= 11 is 0. The number of imidazole rings is 1. The Balaban J connectivity index is 2.03. The highest BCUT2D eigenvalue weighted by Crippen LogP contribution is 2.15. The molecule has 0 aliphatic rings. The van der Waals surface area contributed by atoms with Crippen molar-refractivity contribution in [3.05, 3.63) is 48.0 Å². The van der Waals surface area contributed by atoms with Crippen molar-refractivity contribution < 1.29 is 18.0 Å². The lowest BCUT2D eigenvalue weighted by atomic mass is 10.3. The third kappa shape index (κ3) is 3.82. The van der Waals surface area contributed by atoms with Gasteiger partial charge in [0.1, 0.15) is 5.82 Å². The van der Waals surface area contributed by atoms with E-state index in [1.54, 1.807) is 6.20 Å². The molecule has 4 nitrogen and oxygen atoms in total. The molecule has 7 heteroatoms. The van der Waals surface area contributed by atoms with E-state index >= 15 is 0 Å². The van der Waals surface area contributed by atoms with Crippen LogP contribution in [0.1, 0.15) is 11.5 Å². The molecule has 0 spiro atoms. The highest BCUT2D eigenvalue weighted by Gasteiger charge is 2.27. The number of hydrogen-bond donors (Lipinski definition) is 1. The summed E-state index contributed by atoms with van der Waals surface area (Å²) in [5, 5.41) is 0. The van der Waals surface area contributed by atoms with Crippen LogP contribution in [0, 0.1) is 6.92 Å². The van der Waals surface area contributed by atoms with Crippen LogP contribution in [-0.4, -0.2) is 22.3 Å². The van der Waals surface area contributed by atoms with E-state index in [0.717, 1.165) is 17.2 Å². The van der Waals surface area contributed by atoms with Gasteiger partial charge in [-0.3, -0.25) is 9.40 Å². The highest BCUT2D eigenvalue weighted by molar-refractivity contribution is 5.35. The Labute approximate surface area is 114 Å². The van der Waals surface area contributed by atoms with E-state index in [0.29, 0.717) is 0 Å². The summed E-state index contributed by atoms with van der Waals surface area (Å²) in [6.45, 7) is 0.629. The summed E-state index contributed by atoms with van der Waals surface area (Å²) in [5.74, 6) is 0.754. The topological polar surface area (TPSA) is 39.1 Å². The van der Waals surface area contributed by atoms with Crippen LogP contribution in [0.3, 0.4) is 0 Å². The SMILES string of the molecule is Cc1ncc(CNOCC(F)(F)F)n1-c1ccccc1. The van der Waals surface area contributed by atoms with Crippen LogP contribution >= 0.6 is 0 Å². The van der Waals surface area contributed by atoms with E-state index in [9.17, 15) is 13.2 Å². The van der Waals surface area contributed by atoms with Crippen LogP contribution in [0.4, 0.5) is 13.2 Å². The molecular weight excluding hydrogens is 271 g/mol. The number of benzene rings is 1. The number of rotatable bonds is 5. The molecule has 0 saturated carbocycles. The van der Waals surface area contributed by atoms with Gasteiger partial charge in [0.25, 0.3) is 0 Å². The van der Waals surface area contributed by atoms with Crippen molar-refractivity contribution >= 4 is 0 Å². The Morgan fingerprint density at radius 1 is 1.25 bits per heavy atom. The van der Waals surface area contributed by atoms with Crippen LogP contribution < -0.4 is 5.48 Å². The lowest BCUT2D eigenvalue weighted by Gasteiger charge is -2.12. The fourth-order valence-corrected chi connectivity index (χ4v) is 1.80. The van der Waals surface area contributed by atoms with Crippen molar-refractivity contribution in [2.24, 2.45) is 0 Å². The van der Waals surface area contributed by atoms with E-state index in [-0.39, 0.29) is 6.54 Å². The van der Waals surface area contributed by atoms with Crippen LogP contribution in [-0.2, 0) is 11.4 Å². The molecule has 1 N–H and O–H groups in total. The van der Waals surface area contributed by atoms with E-state index in [2.05, 4.69) is 15.3 Å². The normalized spacial score (nSPS) is 11.8. The van der Waals surface area contributed by atoms with Gasteiger partial charge in [0, 0.05) is 5.69 Å². The van der Waals surface area contributed by atoms with Crippen molar-refractivity contribution in [2.75, 3.05) is 6.61 Å². The summed E-state index contributed by atoms with van der Waals surface area (Å²) in [7, 11) is 0. The summed E-state index contributed by atoms with van der Waals surface area (Å²) in [6, 6.07) is 9.45. The number of nitrogens with one attached hydrogen (secondary N) is 1. The summed E-state index contributed by atoms with van der Waals surface area (Å²) in [4.78, 5) is 8.55. The second kappa shape index (κ2) is 6.06. The predicted molar refractivity (Wildman–Crippen MR) is 67.1 cm³/mol. The number of hydroxylamine groups is 1. The quantitative estimate of drug-likeness (QED) is 0.678. The first kappa shape index (κ1) is 14.5. The lowest BCUT2D eigenvalue weighted by molar-refractivity contribution is -0.190. The van der Waals surface area contributed by atoms with Crippen LogP contribution in [0.5, 0.6) is 0 Å². The Kier molecular flexibility index (Phi) is 4.41. The minimum Gasteiger partial charge on any atom is -0.300 e. The molecule has 0 unspecified atom stereocenters. The van der Waals surface area contributed by atoms with Gasteiger partial charge in [0.2, 0.25) is 0 Å². The molecule has 0 radical (unpaired) electrons. The fourth-order valence-electron chi connectivity index (χ4n) is 1.80. The second-order valence-electron chi connectivity index (χ2n) is 4.19. The molecule has 0 atom stereocenters. The molecule has 0 bridgehead atoms. The number of halogens is 3. The second-order valence-corrected chi connectivity index (χ2v) is 4.19. The zero-order valence-corrected chi connectivity index (χ0v) is 10.8. The summed E-state index contributed by atoms with van der Waals surface area (Å²) < 4.78 is 37.7. The van der Waals surface area contributed by atoms with E-state index in [4.69, 9.17) is 0 Å².